The van der Waals surface area contributed by atoms with Crippen molar-refractivity contribution in [1.29, 1.82) is 0 Å². The van der Waals surface area contributed by atoms with Gasteiger partial charge in [-0.1, -0.05) is 0 Å². The van der Waals surface area contributed by atoms with Gasteiger partial charge in [0.15, 0.2) is 0 Å². The van der Waals surface area contributed by atoms with Crippen molar-refractivity contribution in [2.75, 3.05) is 6.61 Å². The van der Waals surface area contributed by atoms with Crippen molar-refractivity contribution in [2.45, 2.75) is 71.2 Å². The lowest BCUT2D eigenvalue weighted by molar-refractivity contribution is -0.151. The summed E-state index contributed by atoms with van der Waals surface area (Å²) in [4.78, 5) is 35.4. The molecule has 2 amide bonds. The SMILES string of the molecule is CCOC(=O)[C@H]1C[C@@H](O)[C@H](NC(C)=O)[C@@H](NC(=O)OC(C)(C)C)C1. The third-order valence-electron chi connectivity index (χ3n) is 3.60. The van der Waals surface area contributed by atoms with Gasteiger partial charge in [0.25, 0.3) is 0 Å². The molecule has 4 atom stereocenters. The van der Waals surface area contributed by atoms with Crippen LogP contribution in [-0.2, 0) is 19.1 Å². The lowest BCUT2D eigenvalue weighted by Gasteiger charge is -2.39. The van der Waals surface area contributed by atoms with Crippen LogP contribution in [0.2, 0.25) is 0 Å². The van der Waals surface area contributed by atoms with Crippen LogP contribution in [-0.4, -0.2) is 53.5 Å². The van der Waals surface area contributed by atoms with Gasteiger partial charge in [0, 0.05) is 6.92 Å². The van der Waals surface area contributed by atoms with E-state index in [0.717, 1.165) is 0 Å². The smallest absolute Gasteiger partial charge is 0.407 e. The molecule has 1 saturated carbocycles. The molecule has 138 valence electrons. The number of carbonyl (C=O) groups excluding carboxylic acids is 3. The van der Waals surface area contributed by atoms with Crippen molar-refractivity contribution in [1.82, 2.24) is 10.6 Å². The summed E-state index contributed by atoms with van der Waals surface area (Å²) in [6.07, 6.45) is -1.23. The number of ether oxygens (including phenoxy) is 2. The highest BCUT2D eigenvalue weighted by Crippen LogP contribution is 2.27. The molecule has 3 N–H and O–H groups in total. The first-order chi connectivity index (χ1) is 11.0. The second-order valence-corrected chi connectivity index (χ2v) is 6.97. The largest absolute Gasteiger partial charge is 0.466 e. The van der Waals surface area contributed by atoms with E-state index in [0.29, 0.717) is 0 Å². The van der Waals surface area contributed by atoms with E-state index in [2.05, 4.69) is 10.6 Å². The maximum Gasteiger partial charge on any atom is 0.407 e. The Morgan fingerprint density at radius 1 is 1.17 bits per heavy atom. The van der Waals surface area contributed by atoms with Crippen molar-refractivity contribution < 1.29 is 29.0 Å². The van der Waals surface area contributed by atoms with Crippen LogP contribution in [0, 0.1) is 5.92 Å². The van der Waals surface area contributed by atoms with Crippen molar-refractivity contribution in [3.8, 4) is 0 Å². The van der Waals surface area contributed by atoms with Gasteiger partial charge in [-0.25, -0.2) is 4.79 Å². The molecular formula is C16H28N2O6. The number of esters is 1. The Morgan fingerprint density at radius 2 is 1.79 bits per heavy atom. The van der Waals surface area contributed by atoms with E-state index in [-0.39, 0.29) is 25.4 Å². The quantitative estimate of drug-likeness (QED) is 0.648. The number of amides is 2. The molecule has 1 aliphatic rings. The van der Waals surface area contributed by atoms with E-state index in [4.69, 9.17) is 9.47 Å². The van der Waals surface area contributed by atoms with Crippen LogP contribution in [0.3, 0.4) is 0 Å². The standard InChI is InChI=1S/C16H28N2O6/c1-6-23-14(21)10-7-11(18-15(22)24-16(3,4)5)13(12(20)8-10)17-9(2)19/h10-13,20H,6-8H2,1-5H3,(H,17,19)(H,18,22)/t10-,11+,12-,13-/m1/s1. The summed E-state index contributed by atoms with van der Waals surface area (Å²) in [5.41, 5.74) is -0.679. The zero-order chi connectivity index (χ0) is 18.5. The maximum atomic E-state index is 12.0. The van der Waals surface area contributed by atoms with Gasteiger partial charge < -0.3 is 25.2 Å². The number of aliphatic hydroxyl groups is 1. The molecule has 1 rings (SSSR count). The van der Waals surface area contributed by atoms with Crippen molar-refractivity contribution >= 4 is 18.0 Å². The molecule has 0 heterocycles. The molecule has 0 spiro atoms. The zero-order valence-corrected chi connectivity index (χ0v) is 14.9. The van der Waals surface area contributed by atoms with Crippen molar-refractivity contribution in [3.05, 3.63) is 0 Å². The normalized spacial score (nSPS) is 27.1. The fourth-order valence-electron chi connectivity index (χ4n) is 2.75. The molecule has 0 bridgehead atoms. The predicted molar refractivity (Wildman–Crippen MR) is 86.1 cm³/mol. The second-order valence-electron chi connectivity index (χ2n) is 6.97. The Hall–Kier alpha value is -1.83. The first kappa shape index (κ1) is 20.2. The van der Waals surface area contributed by atoms with E-state index in [1.165, 1.54) is 6.92 Å². The lowest BCUT2D eigenvalue weighted by atomic mass is 9.80. The monoisotopic (exact) mass is 344 g/mol. The van der Waals surface area contributed by atoms with E-state index >= 15 is 0 Å². The van der Waals surface area contributed by atoms with Gasteiger partial charge in [-0.2, -0.15) is 0 Å². The Bertz CT molecular complexity index is 474. The maximum absolute atomic E-state index is 12.0. The molecule has 8 nitrogen and oxygen atoms in total. The Labute approximate surface area is 142 Å². The molecule has 8 heteroatoms. The number of carbonyl (C=O) groups is 3. The molecular weight excluding hydrogens is 316 g/mol. The number of hydrogen-bond acceptors (Lipinski definition) is 6. The van der Waals surface area contributed by atoms with Crippen molar-refractivity contribution in [3.63, 3.8) is 0 Å². The highest BCUT2D eigenvalue weighted by molar-refractivity contribution is 5.75. The third kappa shape index (κ3) is 6.35. The summed E-state index contributed by atoms with van der Waals surface area (Å²) in [6, 6.07) is -1.33. The molecule has 0 saturated heterocycles. The van der Waals surface area contributed by atoms with Gasteiger partial charge in [0.1, 0.15) is 5.60 Å². The first-order valence-corrected chi connectivity index (χ1v) is 8.14. The topological polar surface area (TPSA) is 114 Å². The molecule has 0 aromatic rings. The fraction of sp³-hybridized carbons (Fsp3) is 0.812. The van der Waals surface area contributed by atoms with Gasteiger partial charge in [-0.3, -0.25) is 9.59 Å². The Morgan fingerprint density at radius 3 is 2.29 bits per heavy atom. The minimum Gasteiger partial charge on any atom is -0.466 e. The van der Waals surface area contributed by atoms with E-state index in [1.807, 2.05) is 0 Å². The molecule has 0 aromatic heterocycles. The number of nitrogens with one attached hydrogen (secondary N) is 2. The van der Waals surface area contributed by atoms with Crippen LogP contribution in [0.4, 0.5) is 4.79 Å². The average molecular weight is 344 g/mol. The third-order valence-corrected chi connectivity index (χ3v) is 3.60. The number of alkyl carbamates (subject to hydrolysis) is 1. The number of aliphatic hydroxyl groups excluding tert-OH is 1. The second kappa shape index (κ2) is 8.32. The minimum atomic E-state index is -0.975. The van der Waals surface area contributed by atoms with Crippen LogP contribution in [0.1, 0.15) is 47.5 Å². The van der Waals surface area contributed by atoms with Gasteiger partial charge in [0.05, 0.1) is 30.7 Å². The zero-order valence-electron chi connectivity index (χ0n) is 14.9. The molecule has 1 fully saturated rings. The molecule has 24 heavy (non-hydrogen) atoms. The lowest BCUT2D eigenvalue weighted by Crippen LogP contribution is -2.61. The van der Waals surface area contributed by atoms with Crippen LogP contribution in [0.15, 0.2) is 0 Å². The van der Waals surface area contributed by atoms with E-state index < -0.39 is 41.8 Å². The predicted octanol–water partition coefficient (Wildman–Crippen LogP) is 0.718. The summed E-state index contributed by atoms with van der Waals surface area (Å²) in [6.45, 7) is 8.46. The summed E-state index contributed by atoms with van der Waals surface area (Å²) in [5, 5.41) is 15.6. The molecule has 0 aromatic carbocycles. The summed E-state index contributed by atoms with van der Waals surface area (Å²) < 4.78 is 10.2. The average Bonchev–Trinajstić information content (AvgIpc) is 2.40. The summed E-state index contributed by atoms with van der Waals surface area (Å²) in [5.74, 6) is -1.30. The highest BCUT2D eigenvalue weighted by atomic mass is 16.6. The van der Waals surface area contributed by atoms with Gasteiger partial charge in [-0.05, 0) is 40.5 Å². The van der Waals surface area contributed by atoms with Gasteiger partial charge in [0.2, 0.25) is 5.91 Å². The highest BCUT2D eigenvalue weighted by Gasteiger charge is 2.42. The molecule has 0 unspecified atom stereocenters. The van der Waals surface area contributed by atoms with Crippen LogP contribution in [0.5, 0.6) is 0 Å². The van der Waals surface area contributed by atoms with E-state index in [1.54, 1.807) is 27.7 Å². The molecule has 0 aliphatic heterocycles. The van der Waals surface area contributed by atoms with Crippen LogP contribution in [0.25, 0.3) is 0 Å². The first-order valence-electron chi connectivity index (χ1n) is 8.14. The van der Waals surface area contributed by atoms with E-state index in [9.17, 15) is 19.5 Å². The van der Waals surface area contributed by atoms with Gasteiger partial charge in [-0.15, -0.1) is 0 Å². The molecule has 1 aliphatic carbocycles. The van der Waals surface area contributed by atoms with Gasteiger partial charge >= 0.3 is 12.1 Å². The van der Waals surface area contributed by atoms with Crippen LogP contribution >= 0.6 is 0 Å². The minimum absolute atomic E-state index is 0.163. The van der Waals surface area contributed by atoms with Crippen molar-refractivity contribution in [2.24, 2.45) is 5.92 Å². The summed E-state index contributed by atoms with van der Waals surface area (Å²) >= 11 is 0. The Balaban J connectivity index is 2.86. The molecule has 0 radical (unpaired) electrons. The Kier molecular flexibility index (Phi) is 7.01. The van der Waals surface area contributed by atoms with Crippen LogP contribution < -0.4 is 10.6 Å². The number of rotatable bonds is 4. The fourth-order valence-corrected chi connectivity index (χ4v) is 2.75. The summed E-state index contributed by atoms with van der Waals surface area (Å²) in [7, 11) is 0. The number of hydrogen-bond donors (Lipinski definition) is 3.